The number of aromatic nitrogens is 3. The van der Waals surface area contributed by atoms with Crippen molar-refractivity contribution >= 4 is 5.91 Å². The van der Waals surface area contributed by atoms with E-state index >= 15 is 0 Å². The van der Waals surface area contributed by atoms with Crippen LogP contribution in [0.15, 0.2) is 36.7 Å². The molecular formula is C15H15F3N4O2. The highest BCUT2D eigenvalue weighted by Crippen LogP contribution is 2.16. The first-order valence-corrected chi connectivity index (χ1v) is 7.10. The number of rotatable bonds is 7. The Morgan fingerprint density at radius 3 is 2.50 bits per heavy atom. The van der Waals surface area contributed by atoms with Crippen LogP contribution in [0.25, 0.3) is 0 Å². The maximum Gasteiger partial charge on any atom is 0.422 e. The molecule has 0 bridgehead atoms. The second-order valence-electron chi connectivity index (χ2n) is 4.90. The monoisotopic (exact) mass is 340 g/mol. The molecule has 0 aromatic carbocycles. The second-order valence-corrected chi connectivity index (χ2v) is 4.90. The number of ether oxygens (including phenoxy) is 1. The Kier molecular flexibility index (Phi) is 6.05. The normalized spacial score (nSPS) is 11.1. The molecule has 1 amide bonds. The van der Waals surface area contributed by atoms with Gasteiger partial charge in [-0.1, -0.05) is 0 Å². The number of hydrogen-bond acceptors (Lipinski definition) is 5. The number of nitrogens with one attached hydrogen (secondary N) is 1. The molecular weight excluding hydrogens is 325 g/mol. The molecule has 0 spiro atoms. The maximum atomic E-state index is 12.0. The van der Waals surface area contributed by atoms with E-state index in [0.29, 0.717) is 18.5 Å². The fraction of sp³-hybridized carbons (Fsp3) is 0.333. The maximum absolute atomic E-state index is 12.0. The minimum atomic E-state index is -4.43. The van der Waals surface area contributed by atoms with E-state index in [4.69, 9.17) is 0 Å². The van der Waals surface area contributed by atoms with Gasteiger partial charge in [-0.05, 0) is 30.2 Å². The minimum Gasteiger partial charge on any atom is -0.467 e. The van der Waals surface area contributed by atoms with Crippen LogP contribution in [0.4, 0.5) is 13.2 Å². The average molecular weight is 340 g/mol. The van der Waals surface area contributed by atoms with Crippen molar-refractivity contribution in [1.82, 2.24) is 20.5 Å². The number of aryl methyl sites for hydroxylation is 1. The summed E-state index contributed by atoms with van der Waals surface area (Å²) in [6.45, 7) is -1.28. The van der Waals surface area contributed by atoms with E-state index in [1.54, 1.807) is 12.4 Å². The quantitative estimate of drug-likeness (QED) is 0.835. The van der Waals surface area contributed by atoms with Crippen LogP contribution in [0, 0.1) is 0 Å². The van der Waals surface area contributed by atoms with Crippen LogP contribution in [0.5, 0.6) is 5.88 Å². The van der Waals surface area contributed by atoms with Gasteiger partial charge in [0, 0.05) is 24.9 Å². The molecule has 9 heteroatoms. The van der Waals surface area contributed by atoms with Crippen molar-refractivity contribution < 1.29 is 22.7 Å². The summed E-state index contributed by atoms with van der Waals surface area (Å²) in [5, 5.41) is 9.89. The van der Waals surface area contributed by atoms with Crippen LogP contribution in [0.2, 0.25) is 0 Å². The summed E-state index contributed by atoms with van der Waals surface area (Å²) >= 11 is 0. The second kappa shape index (κ2) is 8.23. The van der Waals surface area contributed by atoms with Gasteiger partial charge in [0.25, 0.3) is 0 Å². The molecule has 0 aliphatic heterocycles. The number of amides is 1. The third-order valence-electron chi connectivity index (χ3n) is 2.94. The van der Waals surface area contributed by atoms with E-state index in [1.165, 1.54) is 12.1 Å². The first-order valence-electron chi connectivity index (χ1n) is 7.10. The van der Waals surface area contributed by atoms with Crippen LogP contribution in [-0.4, -0.2) is 33.9 Å². The van der Waals surface area contributed by atoms with Gasteiger partial charge in [0.2, 0.25) is 11.8 Å². The summed E-state index contributed by atoms with van der Waals surface area (Å²) in [7, 11) is 0. The molecule has 6 nitrogen and oxygen atoms in total. The molecule has 0 aliphatic rings. The first kappa shape index (κ1) is 17.6. The van der Waals surface area contributed by atoms with E-state index < -0.39 is 12.8 Å². The van der Waals surface area contributed by atoms with Crippen LogP contribution >= 0.6 is 0 Å². The lowest BCUT2D eigenvalue weighted by molar-refractivity contribution is -0.154. The zero-order valence-corrected chi connectivity index (χ0v) is 12.6. The molecule has 0 atom stereocenters. The van der Waals surface area contributed by atoms with Gasteiger partial charge in [-0.15, -0.1) is 5.10 Å². The Morgan fingerprint density at radius 2 is 1.88 bits per heavy atom. The lowest BCUT2D eigenvalue weighted by atomic mass is 10.1. The Morgan fingerprint density at radius 1 is 1.12 bits per heavy atom. The average Bonchev–Trinajstić information content (AvgIpc) is 2.57. The fourth-order valence-electron chi connectivity index (χ4n) is 1.76. The number of halogens is 3. The summed E-state index contributed by atoms with van der Waals surface area (Å²) in [6, 6.07) is 6.38. The zero-order valence-electron chi connectivity index (χ0n) is 12.6. The molecule has 2 heterocycles. The van der Waals surface area contributed by atoms with Crippen LogP contribution in [0.1, 0.15) is 17.7 Å². The number of pyridine rings is 1. The largest absolute Gasteiger partial charge is 0.467 e. The van der Waals surface area contributed by atoms with Crippen molar-refractivity contribution in [2.24, 2.45) is 0 Å². The molecule has 2 aromatic heterocycles. The van der Waals surface area contributed by atoms with Crippen LogP contribution in [0.3, 0.4) is 0 Å². The van der Waals surface area contributed by atoms with Crippen molar-refractivity contribution in [2.45, 2.75) is 25.6 Å². The molecule has 1 N–H and O–H groups in total. The smallest absolute Gasteiger partial charge is 0.422 e. The van der Waals surface area contributed by atoms with E-state index in [9.17, 15) is 18.0 Å². The summed E-state index contributed by atoms with van der Waals surface area (Å²) in [5.74, 6) is -0.383. The lowest BCUT2D eigenvalue weighted by Gasteiger charge is -2.08. The fourth-order valence-corrected chi connectivity index (χ4v) is 1.76. The molecule has 0 unspecified atom stereocenters. The van der Waals surface area contributed by atoms with Crippen molar-refractivity contribution in [3.8, 4) is 5.88 Å². The number of alkyl halides is 3. The molecule has 0 radical (unpaired) electrons. The Bertz CT molecular complexity index is 648. The van der Waals surface area contributed by atoms with Crippen LogP contribution in [-0.2, 0) is 17.8 Å². The van der Waals surface area contributed by atoms with Gasteiger partial charge in [-0.25, -0.2) is 0 Å². The molecule has 0 saturated heterocycles. The third kappa shape index (κ3) is 6.59. The number of carbonyl (C=O) groups excluding carboxylic acids is 1. The van der Waals surface area contributed by atoms with Gasteiger partial charge >= 0.3 is 6.18 Å². The van der Waals surface area contributed by atoms with E-state index in [1.807, 2.05) is 12.1 Å². The van der Waals surface area contributed by atoms with Gasteiger partial charge in [0.05, 0.1) is 12.2 Å². The SMILES string of the molecule is O=C(CCc1ccncc1)NCc1ccc(OCC(F)(F)F)nn1. The molecule has 2 rings (SSSR count). The molecule has 0 fully saturated rings. The van der Waals surface area contributed by atoms with E-state index in [0.717, 1.165) is 5.56 Å². The Balaban J connectivity index is 1.72. The van der Waals surface area contributed by atoms with E-state index in [2.05, 4.69) is 25.2 Å². The summed E-state index contributed by atoms with van der Waals surface area (Å²) < 4.78 is 40.5. The van der Waals surface area contributed by atoms with Crippen molar-refractivity contribution in [2.75, 3.05) is 6.61 Å². The minimum absolute atomic E-state index is 0.141. The van der Waals surface area contributed by atoms with Gasteiger partial charge in [-0.3, -0.25) is 9.78 Å². The predicted octanol–water partition coefficient (Wildman–Crippen LogP) is 2.06. The number of nitrogens with zero attached hydrogens (tertiary/aromatic N) is 3. The van der Waals surface area contributed by atoms with Gasteiger partial charge in [0.1, 0.15) is 0 Å². The number of hydrogen-bond donors (Lipinski definition) is 1. The highest BCUT2D eigenvalue weighted by Gasteiger charge is 2.28. The molecule has 24 heavy (non-hydrogen) atoms. The predicted molar refractivity (Wildman–Crippen MR) is 78.0 cm³/mol. The van der Waals surface area contributed by atoms with Crippen LogP contribution < -0.4 is 10.1 Å². The third-order valence-corrected chi connectivity index (χ3v) is 2.94. The van der Waals surface area contributed by atoms with Crippen molar-refractivity contribution in [3.63, 3.8) is 0 Å². The zero-order chi connectivity index (χ0) is 17.4. The standard InChI is InChI=1S/C15H15F3N4O2/c16-15(17,18)10-24-14-4-2-12(21-22-14)9-20-13(23)3-1-11-5-7-19-8-6-11/h2,4-8H,1,3,9-10H2,(H,20,23). The molecule has 0 saturated carbocycles. The number of carbonyl (C=O) groups is 1. The van der Waals surface area contributed by atoms with E-state index in [-0.39, 0.29) is 18.3 Å². The van der Waals surface area contributed by atoms with Crippen molar-refractivity contribution in [1.29, 1.82) is 0 Å². The molecule has 0 aliphatic carbocycles. The van der Waals surface area contributed by atoms with Gasteiger partial charge in [0.15, 0.2) is 6.61 Å². The van der Waals surface area contributed by atoms with Crippen molar-refractivity contribution in [3.05, 3.63) is 47.9 Å². The van der Waals surface area contributed by atoms with Gasteiger partial charge in [-0.2, -0.15) is 18.3 Å². The van der Waals surface area contributed by atoms with Gasteiger partial charge < -0.3 is 10.1 Å². The summed E-state index contributed by atoms with van der Waals surface area (Å²) in [6.07, 6.45) is -0.214. The molecule has 128 valence electrons. The Labute approximate surface area is 136 Å². The molecule has 2 aromatic rings. The highest BCUT2D eigenvalue weighted by atomic mass is 19.4. The topological polar surface area (TPSA) is 77.0 Å². The first-order chi connectivity index (χ1) is 11.4. The Hall–Kier alpha value is -2.71. The lowest BCUT2D eigenvalue weighted by Crippen LogP contribution is -2.24. The highest BCUT2D eigenvalue weighted by molar-refractivity contribution is 5.76. The summed E-state index contributed by atoms with van der Waals surface area (Å²) in [4.78, 5) is 15.6. The summed E-state index contributed by atoms with van der Waals surface area (Å²) in [5.41, 5.74) is 1.43.